The minimum atomic E-state index is -0.0636. The summed E-state index contributed by atoms with van der Waals surface area (Å²) >= 11 is 12.5. The molecule has 8 heteroatoms. The summed E-state index contributed by atoms with van der Waals surface area (Å²) in [6.07, 6.45) is 4.65. The fraction of sp³-hybridized carbons (Fsp3) is 0.261. The molecule has 1 aliphatic rings. The topological polar surface area (TPSA) is 58.6 Å². The van der Waals surface area contributed by atoms with Crippen LogP contribution in [-0.2, 0) is 9.59 Å². The largest absolute Gasteiger partial charge is 0.497 e. The van der Waals surface area contributed by atoms with Gasteiger partial charge in [-0.1, -0.05) is 54.1 Å². The monoisotopic (exact) mass is 474 g/mol. The number of nitrogens with zero attached hydrogens (tertiary/aromatic N) is 1. The van der Waals surface area contributed by atoms with Gasteiger partial charge in [0.15, 0.2) is 0 Å². The lowest BCUT2D eigenvalue weighted by Gasteiger charge is -2.14. The third-order valence-corrected chi connectivity index (χ3v) is 6.33. The average Bonchev–Trinajstić information content (AvgIpc) is 3.03. The molecule has 1 saturated heterocycles. The number of thioether (sulfide) groups is 1. The van der Waals surface area contributed by atoms with E-state index in [1.165, 1.54) is 11.8 Å². The van der Waals surface area contributed by atoms with Gasteiger partial charge in [0, 0.05) is 23.7 Å². The number of methoxy groups -OCH3 is 1. The van der Waals surface area contributed by atoms with E-state index in [0.29, 0.717) is 27.2 Å². The molecule has 0 bridgehead atoms. The van der Waals surface area contributed by atoms with Crippen LogP contribution >= 0.6 is 35.6 Å². The maximum absolute atomic E-state index is 12.7. The van der Waals surface area contributed by atoms with E-state index < -0.39 is 0 Å². The lowest BCUT2D eigenvalue weighted by Crippen LogP contribution is -2.29. The molecule has 1 aliphatic heterocycles. The Morgan fingerprint density at radius 2 is 1.84 bits per heavy atom. The van der Waals surface area contributed by atoms with Crippen molar-refractivity contribution in [1.29, 1.82) is 0 Å². The van der Waals surface area contributed by atoms with E-state index in [4.69, 9.17) is 28.6 Å². The molecule has 1 N–H and O–H groups in total. The van der Waals surface area contributed by atoms with E-state index in [9.17, 15) is 9.59 Å². The van der Waals surface area contributed by atoms with Crippen molar-refractivity contribution in [3.63, 3.8) is 0 Å². The molecule has 0 saturated carbocycles. The molecule has 162 valence electrons. The molecule has 31 heavy (non-hydrogen) atoms. The molecule has 0 aliphatic carbocycles. The van der Waals surface area contributed by atoms with Crippen LogP contribution in [0.15, 0.2) is 53.4 Å². The Morgan fingerprint density at radius 1 is 1.13 bits per heavy atom. The van der Waals surface area contributed by atoms with Crippen molar-refractivity contribution in [1.82, 2.24) is 4.90 Å². The van der Waals surface area contributed by atoms with Crippen molar-refractivity contribution in [3.05, 3.63) is 64.0 Å². The lowest BCUT2D eigenvalue weighted by molar-refractivity contribution is -0.122. The number of benzene rings is 2. The predicted molar refractivity (Wildman–Crippen MR) is 131 cm³/mol. The number of nitrogens with one attached hydrogen (secondary N) is 1. The number of halogens is 1. The van der Waals surface area contributed by atoms with Crippen molar-refractivity contribution in [2.24, 2.45) is 0 Å². The highest BCUT2D eigenvalue weighted by atomic mass is 35.5. The summed E-state index contributed by atoms with van der Waals surface area (Å²) in [5.41, 5.74) is 1.66. The highest BCUT2D eigenvalue weighted by Crippen LogP contribution is 2.33. The maximum Gasteiger partial charge on any atom is 0.266 e. The number of thiocarbonyl (C=S) groups is 1. The van der Waals surface area contributed by atoms with Crippen molar-refractivity contribution < 1.29 is 14.3 Å². The molecule has 0 spiro atoms. The zero-order valence-electron chi connectivity index (χ0n) is 17.1. The van der Waals surface area contributed by atoms with Crippen LogP contribution in [0.4, 0.5) is 5.69 Å². The second-order valence-electron chi connectivity index (χ2n) is 6.97. The van der Waals surface area contributed by atoms with Gasteiger partial charge in [-0.05, 0) is 60.9 Å². The lowest BCUT2D eigenvalue weighted by atomic mass is 10.1. The van der Waals surface area contributed by atoms with Gasteiger partial charge >= 0.3 is 0 Å². The summed E-state index contributed by atoms with van der Waals surface area (Å²) in [6, 6.07) is 14.5. The summed E-state index contributed by atoms with van der Waals surface area (Å²) in [5, 5.41) is 3.48. The third kappa shape index (κ3) is 6.82. The second kappa shape index (κ2) is 11.3. The van der Waals surface area contributed by atoms with Crippen LogP contribution in [0.5, 0.6) is 5.75 Å². The summed E-state index contributed by atoms with van der Waals surface area (Å²) in [4.78, 5) is 27.0. The van der Waals surface area contributed by atoms with Gasteiger partial charge in [-0.15, -0.1) is 0 Å². The van der Waals surface area contributed by atoms with Crippen molar-refractivity contribution in [3.8, 4) is 5.75 Å². The Bertz CT molecular complexity index is 975. The molecule has 0 radical (unpaired) electrons. The molecule has 0 unspecified atom stereocenters. The number of anilines is 1. The van der Waals surface area contributed by atoms with Crippen LogP contribution in [0, 0.1) is 0 Å². The fourth-order valence-electron chi connectivity index (χ4n) is 3.03. The van der Waals surface area contributed by atoms with Gasteiger partial charge in [-0.2, -0.15) is 0 Å². The second-order valence-corrected chi connectivity index (χ2v) is 9.08. The molecule has 0 aromatic heterocycles. The first-order valence-electron chi connectivity index (χ1n) is 9.91. The van der Waals surface area contributed by atoms with E-state index in [1.54, 1.807) is 36.3 Å². The highest BCUT2D eigenvalue weighted by Gasteiger charge is 2.31. The van der Waals surface area contributed by atoms with E-state index >= 15 is 0 Å². The van der Waals surface area contributed by atoms with Gasteiger partial charge in [0.05, 0.1) is 12.0 Å². The van der Waals surface area contributed by atoms with Crippen LogP contribution in [0.3, 0.4) is 0 Å². The van der Waals surface area contributed by atoms with Crippen LogP contribution in [-0.4, -0.2) is 34.7 Å². The van der Waals surface area contributed by atoms with Crippen molar-refractivity contribution >= 4 is 63.5 Å². The van der Waals surface area contributed by atoms with Crippen LogP contribution in [0.1, 0.15) is 31.2 Å². The number of rotatable bonds is 9. The Balaban J connectivity index is 1.41. The molecule has 5 nitrogen and oxygen atoms in total. The molecule has 2 aromatic carbocycles. The molecular weight excluding hydrogens is 452 g/mol. The quantitative estimate of drug-likeness (QED) is 0.285. The first-order valence-corrected chi connectivity index (χ1v) is 11.5. The summed E-state index contributed by atoms with van der Waals surface area (Å²) in [6.45, 7) is 0.559. The number of hydrogen-bond acceptors (Lipinski definition) is 5. The van der Waals surface area contributed by atoms with Gasteiger partial charge in [-0.25, -0.2) is 0 Å². The van der Waals surface area contributed by atoms with Crippen molar-refractivity contribution in [2.45, 2.75) is 25.7 Å². The highest BCUT2D eigenvalue weighted by molar-refractivity contribution is 8.26. The molecule has 2 aromatic rings. The molecular formula is C23H23ClN2O3S2. The number of amides is 2. The van der Waals surface area contributed by atoms with E-state index in [-0.39, 0.29) is 11.8 Å². The van der Waals surface area contributed by atoms with Crippen LogP contribution < -0.4 is 10.1 Å². The van der Waals surface area contributed by atoms with Gasteiger partial charge in [0.2, 0.25) is 5.91 Å². The Kier molecular flexibility index (Phi) is 8.51. The first-order chi connectivity index (χ1) is 15.0. The minimum Gasteiger partial charge on any atom is -0.497 e. The normalized spacial score (nSPS) is 14.9. The minimum absolute atomic E-state index is 0.0321. The first kappa shape index (κ1) is 23.3. The molecule has 1 heterocycles. The number of unbranched alkanes of at least 4 members (excludes halogenated alkanes) is 2. The summed E-state index contributed by atoms with van der Waals surface area (Å²) in [7, 11) is 1.62. The van der Waals surface area contributed by atoms with Crippen LogP contribution in [0.25, 0.3) is 6.08 Å². The zero-order chi connectivity index (χ0) is 22.2. The molecule has 0 atom stereocenters. The Hall–Kier alpha value is -2.35. The maximum atomic E-state index is 12.7. The van der Waals surface area contributed by atoms with E-state index in [2.05, 4.69) is 5.32 Å². The summed E-state index contributed by atoms with van der Waals surface area (Å²) < 4.78 is 5.73. The Morgan fingerprint density at radius 3 is 2.52 bits per heavy atom. The van der Waals surface area contributed by atoms with E-state index in [0.717, 1.165) is 36.3 Å². The smallest absolute Gasteiger partial charge is 0.266 e. The average molecular weight is 475 g/mol. The van der Waals surface area contributed by atoms with Gasteiger partial charge in [0.25, 0.3) is 5.91 Å². The Labute approximate surface area is 196 Å². The number of hydrogen-bond donors (Lipinski definition) is 1. The van der Waals surface area contributed by atoms with Crippen molar-refractivity contribution in [2.75, 3.05) is 19.0 Å². The van der Waals surface area contributed by atoms with Gasteiger partial charge in [-0.3, -0.25) is 14.5 Å². The number of carbonyl (C=O) groups is 2. The van der Waals surface area contributed by atoms with Gasteiger partial charge in [0.1, 0.15) is 10.1 Å². The summed E-state index contributed by atoms with van der Waals surface area (Å²) in [5.74, 6) is 0.674. The standard InChI is InChI=1S/C23H23ClN2O3S2/c1-29-19-12-6-16(7-13-19)15-20-22(28)26(23(30)31-20)14-4-2-3-5-21(27)25-18-10-8-17(24)9-11-18/h6-13,15H,2-5,14H2,1H3,(H,25,27). The SMILES string of the molecule is COc1ccc(C=C2SC(=S)N(CCCCCC(=O)Nc3ccc(Cl)cc3)C2=O)cc1. The molecule has 3 rings (SSSR count). The molecule has 1 fully saturated rings. The zero-order valence-corrected chi connectivity index (χ0v) is 19.5. The third-order valence-electron chi connectivity index (χ3n) is 4.70. The molecule has 2 amide bonds. The van der Waals surface area contributed by atoms with Crippen LogP contribution in [0.2, 0.25) is 5.02 Å². The van der Waals surface area contributed by atoms with E-state index in [1.807, 2.05) is 30.3 Å². The van der Waals surface area contributed by atoms with Gasteiger partial charge < -0.3 is 10.1 Å². The predicted octanol–water partition coefficient (Wildman–Crippen LogP) is 5.75. The number of ether oxygens (including phenoxy) is 1. The number of carbonyl (C=O) groups excluding carboxylic acids is 2. The fourth-order valence-corrected chi connectivity index (χ4v) is 4.47.